The summed E-state index contributed by atoms with van der Waals surface area (Å²) in [6, 6.07) is 1.24. The largest absolute Gasteiger partial charge is 0.469 e. The minimum absolute atomic E-state index is 0.117. The molecule has 2 aromatic rings. The van der Waals surface area contributed by atoms with Crippen molar-refractivity contribution < 1.29 is 13.9 Å². The fraction of sp³-hybridized carbons (Fsp3) is 0.500. The topological polar surface area (TPSA) is 81.0 Å². The number of fused-ring (bicyclic) bond motifs is 1. The number of aromatic nitrogens is 2. The van der Waals surface area contributed by atoms with Crippen molar-refractivity contribution in [1.29, 1.82) is 0 Å². The summed E-state index contributed by atoms with van der Waals surface area (Å²) < 4.78 is 19.1. The number of carbonyl (C=O) groups is 1. The lowest BCUT2D eigenvalue weighted by atomic mass is 9.89. The van der Waals surface area contributed by atoms with Crippen LogP contribution in [0.15, 0.2) is 6.07 Å². The van der Waals surface area contributed by atoms with Gasteiger partial charge in [0, 0.05) is 5.41 Å². The Morgan fingerprint density at radius 3 is 2.57 bits per heavy atom. The van der Waals surface area contributed by atoms with Crippen LogP contribution in [0.1, 0.15) is 45.5 Å². The number of methoxy groups -OCH3 is 1. The van der Waals surface area contributed by atoms with E-state index >= 15 is 0 Å². The molecule has 3 N–H and O–H groups in total. The molecular formula is C16H21ClFN3O2. The summed E-state index contributed by atoms with van der Waals surface area (Å²) in [4.78, 5) is 18.9. The van der Waals surface area contributed by atoms with Crippen LogP contribution in [0.2, 0.25) is 5.02 Å². The lowest BCUT2D eigenvalue weighted by molar-refractivity contribution is -0.141. The Hall–Kier alpha value is -1.66. The van der Waals surface area contributed by atoms with Gasteiger partial charge in [-0.05, 0) is 18.6 Å². The summed E-state index contributed by atoms with van der Waals surface area (Å²) in [7, 11) is 1.27. The maximum Gasteiger partial charge on any atom is 0.307 e. The van der Waals surface area contributed by atoms with Crippen molar-refractivity contribution in [1.82, 2.24) is 9.97 Å². The number of hydrogen-bond donors (Lipinski definition) is 2. The van der Waals surface area contributed by atoms with Crippen molar-refractivity contribution in [3.63, 3.8) is 0 Å². The van der Waals surface area contributed by atoms with E-state index in [1.807, 2.05) is 20.8 Å². The van der Waals surface area contributed by atoms with Gasteiger partial charge in [0.2, 0.25) is 0 Å². The van der Waals surface area contributed by atoms with Crippen LogP contribution in [0.5, 0.6) is 0 Å². The molecule has 2 rings (SSSR count). The predicted molar refractivity (Wildman–Crippen MR) is 87.9 cm³/mol. The molecule has 126 valence electrons. The second kappa shape index (κ2) is 5.76. The number of rotatable bonds is 3. The zero-order valence-electron chi connectivity index (χ0n) is 13.9. The molecular weight excluding hydrogens is 321 g/mol. The first kappa shape index (κ1) is 17.7. The predicted octanol–water partition coefficient (Wildman–Crippen LogP) is 3.39. The average Bonchev–Trinajstić information content (AvgIpc) is 2.88. The highest BCUT2D eigenvalue weighted by Crippen LogP contribution is 2.36. The summed E-state index contributed by atoms with van der Waals surface area (Å²) in [5.74, 6) is -0.406. The zero-order valence-corrected chi connectivity index (χ0v) is 14.6. The Balaban J connectivity index is 2.63. The van der Waals surface area contributed by atoms with Crippen molar-refractivity contribution in [2.24, 2.45) is 5.73 Å². The van der Waals surface area contributed by atoms with E-state index in [9.17, 15) is 9.18 Å². The summed E-state index contributed by atoms with van der Waals surface area (Å²) in [6.07, 6.45) is -0.117. The molecule has 0 aliphatic heterocycles. The molecule has 0 aliphatic rings. The first-order chi connectivity index (χ1) is 10.5. The van der Waals surface area contributed by atoms with Gasteiger partial charge in [-0.3, -0.25) is 4.79 Å². The number of imidazole rings is 1. The number of hydrogen-bond acceptors (Lipinski definition) is 4. The Morgan fingerprint density at radius 1 is 1.43 bits per heavy atom. The third-order valence-corrected chi connectivity index (χ3v) is 4.11. The fourth-order valence-electron chi connectivity index (χ4n) is 2.34. The standard InChI is InChI=1S/C16H21ClFN3O2/c1-15(2,3)14-20-12-9(18)6-8(11(17)13(12)21-14)16(4,19)7-10(22)23-5/h6H,7,19H2,1-5H3,(H,20,21)/t16-/m0/s1. The molecule has 1 aromatic carbocycles. The maximum atomic E-state index is 14.5. The highest BCUT2D eigenvalue weighted by molar-refractivity contribution is 6.35. The summed E-state index contributed by atoms with van der Waals surface area (Å²) in [5, 5.41) is 0.262. The average molecular weight is 342 g/mol. The molecule has 0 spiro atoms. The van der Waals surface area contributed by atoms with Gasteiger partial charge in [-0.2, -0.15) is 0 Å². The van der Waals surface area contributed by atoms with E-state index in [2.05, 4.69) is 14.7 Å². The van der Waals surface area contributed by atoms with E-state index in [-0.39, 0.29) is 22.4 Å². The fourth-order valence-corrected chi connectivity index (χ4v) is 2.74. The summed E-state index contributed by atoms with van der Waals surface area (Å²) >= 11 is 6.42. The molecule has 0 amide bonds. The molecule has 0 unspecified atom stereocenters. The second-order valence-electron chi connectivity index (χ2n) is 6.95. The zero-order chi connectivity index (χ0) is 17.6. The van der Waals surface area contributed by atoms with Gasteiger partial charge in [-0.25, -0.2) is 9.37 Å². The highest BCUT2D eigenvalue weighted by Gasteiger charge is 2.31. The molecule has 0 saturated heterocycles. The second-order valence-corrected chi connectivity index (χ2v) is 7.33. The molecule has 0 fully saturated rings. The highest BCUT2D eigenvalue weighted by atomic mass is 35.5. The molecule has 1 heterocycles. The van der Waals surface area contributed by atoms with E-state index in [0.29, 0.717) is 16.9 Å². The number of carbonyl (C=O) groups excluding carboxylic acids is 1. The Labute approximate surface area is 139 Å². The van der Waals surface area contributed by atoms with Crippen LogP contribution >= 0.6 is 11.6 Å². The van der Waals surface area contributed by atoms with Crippen molar-refractivity contribution in [3.8, 4) is 0 Å². The van der Waals surface area contributed by atoms with Crippen LogP contribution in [0.25, 0.3) is 11.0 Å². The first-order valence-electron chi connectivity index (χ1n) is 7.21. The Morgan fingerprint density at radius 2 is 2.04 bits per heavy atom. The van der Waals surface area contributed by atoms with Gasteiger partial charge in [0.1, 0.15) is 11.3 Å². The van der Waals surface area contributed by atoms with Crippen LogP contribution in [-0.4, -0.2) is 23.0 Å². The molecule has 0 radical (unpaired) electrons. The summed E-state index contributed by atoms with van der Waals surface area (Å²) in [5.41, 5.74) is 5.62. The lowest BCUT2D eigenvalue weighted by Gasteiger charge is -2.25. The van der Waals surface area contributed by atoms with Gasteiger partial charge in [0.25, 0.3) is 0 Å². The van der Waals surface area contributed by atoms with Gasteiger partial charge < -0.3 is 15.5 Å². The molecule has 0 saturated carbocycles. The molecule has 0 bridgehead atoms. The minimum atomic E-state index is -1.16. The molecule has 7 heteroatoms. The molecule has 5 nitrogen and oxygen atoms in total. The molecule has 1 atom stereocenters. The van der Waals surface area contributed by atoms with Crippen LogP contribution in [0.4, 0.5) is 4.39 Å². The SMILES string of the molecule is COC(=O)C[C@](C)(N)c1cc(F)c2nc(C(C)(C)C)[nH]c2c1Cl. The van der Waals surface area contributed by atoms with Crippen LogP contribution in [0.3, 0.4) is 0 Å². The van der Waals surface area contributed by atoms with Crippen LogP contribution < -0.4 is 5.73 Å². The van der Waals surface area contributed by atoms with Crippen molar-refractivity contribution in [2.45, 2.75) is 45.1 Å². The van der Waals surface area contributed by atoms with Crippen molar-refractivity contribution >= 4 is 28.6 Å². The third-order valence-electron chi connectivity index (χ3n) is 3.72. The Kier molecular flexibility index (Phi) is 4.43. The van der Waals surface area contributed by atoms with Crippen LogP contribution in [0, 0.1) is 5.82 Å². The van der Waals surface area contributed by atoms with E-state index in [1.165, 1.54) is 13.2 Å². The normalized spacial score (nSPS) is 14.8. The number of aromatic amines is 1. The van der Waals surface area contributed by atoms with Gasteiger partial charge in [0.05, 0.1) is 29.6 Å². The van der Waals surface area contributed by atoms with E-state index in [0.717, 1.165) is 0 Å². The van der Waals surface area contributed by atoms with Gasteiger partial charge in [-0.1, -0.05) is 32.4 Å². The van der Waals surface area contributed by atoms with Crippen LogP contribution in [-0.2, 0) is 20.5 Å². The number of benzene rings is 1. The van der Waals surface area contributed by atoms with Gasteiger partial charge in [0.15, 0.2) is 5.82 Å². The minimum Gasteiger partial charge on any atom is -0.469 e. The number of nitrogens with zero attached hydrogens (tertiary/aromatic N) is 1. The number of ether oxygens (including phenoxy) is 1. The van der Waals surface area contributed by atoms with E-state index in [4.69, 9.17) is 17.3 Å². The van der Waals surface area contributed by atoms with E-state index in [1.54, 1.807) is 6.92 Å². The monoisotopic (exact) mass is 341 g/mol. The number of nitrogens with one attached hydrogen (secondary N) is 1. The number of halogens is 2. The molecule has 0 aliphatic carbocycles. The molecule has 23 heavy (non-hydrogen) atoms. The van der Waals surface area contributed by atoms with Gasteiger partial charge >= 0.3 is 5.97 Å². The van der Waals surface area contributed by atoms with Crippen molar-refractivity contribution in [3.05, 3.63) is 28.3 Å². The third kappa shape index (κ3) is 3.33. The quantitative estimate of drug-likeness (QED) is 0.838. The van der Waals surface area contributed by atoms with Gasteiger partial charge in [-0.15, -0.1) is 0 Å². The number of H-pyrrole nitrogens is 1. The van der Waals surface area contributed by atoms with Crippen molar-refractivity contribution in [2.75, 3.05) is 7.11 Å². The molecule has 1 aromatic heterocycles. The number of esters is 1. The smallest absolute Gasteiger partial charge is 0.307 e. The first-order valence-corrected chi connectivity index (χ1v) is 7.59. The lowest BCUT2D eigenvalue weighted by Crippen LogP contribution is -2.36. The number of nitrogens with two attached hydrogens (primary N) is 1. The summed E-state index contributed by atoms with van der Waals surface area (Å²) in [6.45, 7) is 7.49. The van der Waals surface area contributed by atoms with E-state index < -0.39 is 17.3 Å². The Bertz CT molecular complexity index is 763. The maximum absolute atomic E-state index is 14.5.